The number of carboxylic acid groups (broad SMARTS) is 1. The van der Waals surface area contributed by atoms with Crippen LogP contribution in [0.1, 0.15) is 77.6 Å². The van der Waals surface area contributed by atoms with Crippen molar-refractivity contribution in [3.8, 4) is 0 Å². The average Bonchev–Trinajstić information content (AvgIpc) is 3.03. The van der Waals surface area contributed by atoms with Gasteiger partial charge in [-0.3, -0.25) is 4.79 Å². The molecule has 3 atom stereocenters. The van der Waals surface area contributed by atoms with Gasteiger partial charge < -0.3 is 15.1 Å². The van der Waals surface area contributed by atoms with E-state index in [1.54, 1.807) is 0 Å². The molecule has 0 aromatic rings. The predicted octanol–water partition coefficient (Wildman–Crippen LogP) is 4.59. The van der Waals surface area contributed by atoms with E-state index in [1.807, 2.05) is 0 Å². The summed E-state index contributed by atoms with van der Waals surface area (Å²) in [5, 5.41) is 18.6. The number of allylic oxidation sites excluding steroid dienone is 1. The number of halogens is 1. The fraction of sp³-hybridized carbons (Fsp3) is 0.850. The molecule has 0 aromatic heterocycles. The number of hydrogen-bond donors (Lipinski definition) is 2. The van der Waals surface area contributed by atoms with Crippen molar-refractivity contribution in [1.82, 2.24) is 4.90 Å². The minimum atomic E-state index is -0.720. The maximum absolute atomic E-state index is 10.5. The molecule has 0 radical (unpaired) electrons. The Morgan fingerprint density at radius 3 is 2.80 bits per heavy atom. The van der Waals surface area contributed by atoms with Gasteiger partial charge in [-0.05, 0) is 58.0 Å². The summed E-state index contributed by atoms with van der Waals surface area (Å²) in [5.41, 5.74) is 0. The number of aliphatic hydroxyl groups is 1. The first-order valence-electron chi connectivity index (χ1n) is 9.97. The summed E-state index contributed by atoms with van der Waals surface area (Å²) in [5.74, 6) is -0.720. The molecule has 4 nitrogen and oxygen atoms in total. The lowest BCUT2D eigenvalue weighted by molar-refractivity contribution is -0.137. The Kier molecular flexibility index (Phi) is 12.2. The Labute approximate surface area is 158 Å². The molecule has 1 rings (SSSR count). The van der Waals surface area contributed by atoms with Gasteiger partial charge in [-0.1, -0.05) is 38.3 Å². The number of rotatable bonds is 14. The number of likely N-dealkylation sites (tertiary alicyclic amines) is 1. The zero-order valence-electron chi connectivity index (χ0n) is 15.7. The minimum Gasteiger partial charge on any atom is -0.481 e. The van der Waals surface area contributed by atoms with Gasteiger partial charge >= 0.3 is 5.97 Å². The summed E-state index contributed by atoms with van der Waals surface area (Å²) in [6, 6.07) is 0.567. The molecule has 1 heterocycles. The van der Waals surface area contributed by atoms with E-state index in [-0.39, 0.29) is 17.9 Å². The lowest BCUT2D eigenvalue weighted by Gasteiger charge is -2.26. The first-order valence-corrected chi connectivity index (χ1v) is 10.4. The normalized spacial score (nSPS) is 21.0. The van der Waals surface area contributed by atoms with Crippen LogP contribution in [0.5, 0.6) is 0 Å². The van der Waals surface area contributed by atoms with Crippen LogP contribution in [0.3, 0.4) is 0 Å². The second-order valence-corrected chi connectivity index (χ2v) is 7.75. The van der Waals surface area contributed by atoms with Crippen molar-refractivity contribution < 1.29 is 15.0 Å². The van der Waals surface area contributed by atoms with E-state index in [2.05, 4.69) is 24.0 Å². The summed E-state index contributed by atoms with van der Waals surface area (Å²) >= 11 is 6.38. The Hall–Kier alpha value is -0.580. The Bertz CT molecular complexity index is 389. The van der Waals surface area contributed by atoms with Gasteiger partial charge in [0.05, 0.1) is 11.5 Å². The molecule has 25 heavy (non-hydrogen) atoms. The SMILES string of the molecule is CCCCCC(O)[C@H](Cl)CCN1CCCC1C/C=C\CCCC(=O)O. The van der Waals surface area contributed by atoms with Crippen molar-refractivity contribution in [2.45, 2.75) is 95.1 Å². The van der Waals surface area contributed by atoms with Crippen LogP contribution in [-0.2, 0) is 4.79 Å². The maximum Gasteiger partial charge on any atom is 0.303 e. The Balaban J connectivity index is 2.21. The highest BCUT2D eigenvalue weighted by Gasteiger charge is 2.25. The fourth-order valence-electron chi connectivity index (χ4n) is 3.46. The van der Waals surface area contributed by atoms with Crippen LogP contribution in [0.2, 0.25) is 0 Å². The zero-order valence-corrected chi connectivity index (χ0v) is 16.5. The van der Waals surface area contributed by atoms with E-state index >= 15 is 0 Å². The molecule has 0 aromatic carbocycles. The number of hydrogen-bond acceptors (Lipinski definition) is 3. The van der Waals surface area contributed by atoms with Crippen LogP contribution in [0.15, 0.2) is 12.2 Å². The van der Waals surface area contributed by atoms with Crippen molar-refractivity contribution in [1.29, 1.82) is 0 Å². The maximum atomic E-state index is 10.5. The van der Waals surface area contributed by atoms with E-state index in [9.17, 15) is 9.90 Å². The van der Waals surface area contributed by atoms with Gasteiger partial charge in [0.25, 0.3) is 0 Å². The molecule has 1 fully saturated rings. The van der Waals surface area contributed by atoms with Crippen molar-refractivity contribution in [3.05, 3.63) is 12.2 Å². The van der Waals surface area contributed by atoms with Crippen LogP contribution in [0.25, 0.3) is 0 Å². The molecule has 1 aliphatic heterocycles. The van der Waals surface area contributed by atoms with Crippen LogP contribution in [-0.4, -0.2) is 51.7 Å². The van der Waals surface area contributed by atoms with E-state index < -0.39 is 5.97 Å². The van der Waals surface area contributed by atoms with Crippen LogP contribution < -0.4 is 0 Å². The van der Waals surface area contributed by atoms with E-state index in [0.717, 1.165) is 51.6 Å². The van der Waals surface area contributed by atoms with Crippen molar-refractivity contribution in [2.75, 3.05) is 13.1 Å². The molecular formula is C20H36ClNO3. The predicted molar refractivity (Wildman–Crippen MR) is 104 cm³/mol. The second-order valence-electron chi connectivity index (χ2n) is 7.19. The van der Waals surface area contributed by atoms with Crippen LogP contribution in [0.4, 0.5) is 0 Å². The van der Waals surface area contributed by atoms with Gasteiger partial charge in [-0.2, -0.15) is 0 Å². The molecule has 5 heteroatoms. The molecule has 0 spiro atoms. The summed E-state index contributed by atoms with van der Waals surface area (Å²) < 4.78 is 0. The highest BCUT2D eigenvalue weighted by atomic mass is 35.5. The number of nitrogens with zero attached hydrogens (tertiary/aromatic N) is 1. The quantitative estimate of drug-likeness (QED) is 0.265. The number of aliphatic carboxylic acids is 1. The van der Waals surface area contributed by atoms with Gasteiger partial charge in [0, 0.05) is 12.5 Å². The van der Waals surface area contributed by atoms with Gasteiger partial charge in [0.15, 0.2) is 0 Å². The first-order chi connectivity index (χ1) is 12.0. The zero-order chi connectivity index (χ0) is 18.5. The lowest BCUT2D eigenvalue weighted by atomic mass is 10.1. The topological polar surface area (TPSA) is 60.8 Å². The van der Waals surface area contributed by atoms with Crippen LogP contribution in [0, 0.1) is 0 Å². The molecule has 146 valence electrons. The fourth-order valence-corrected chi connectivity index (χ4v) is 3.69. The smallest absolute Gasteiger partial charge is 0.303 e. The van der Waals surface area contributed by atoms with Crippen LogP contribution >= 0.6 is 11.6 Å². The summed E-state index contributed by atoms with van der Waals surface area (Å²) in [4.78, 5) is 13.0. The molecule has 0 amide bonds. The lowest BCUT2D eigenvalue weighted by Crippen LogP contribution is -2.33. The van der Waals surface area contributed by atoms with E-state index in [1.165, 1.54) is 19.3 Å². The molecule has 2 N–H and O–H groups in total. The van der Waals surface area contributed by atoms with Crippen molar-refractivity contribution in [2.24, 2.45) is 0 Å². The van der Waals surface area contributed by atoms with Gasteiger partial charge in [-0.25, -0.2) is 0 Å². The molecule has 1 aliphatic rings. The number of alkyl halides is 1. The molecular weight excluding hydrogens is 338 g/mol. The molecule has 2 unspecified atom stereocenters. The summed E-state index contributed by atoms with van der Waals surface area (Å²) in [6.07, 6.45) is 14.2. The minimum absolute atomic E-state index is 0.148. The Morgan fingerprint density at radius 1 is 1.28 bits per heavy atom. The second kappa shape index (κ2) is 13.6. The highest BCUT2D eigenvalue weighted by Crippen LogP contribution is 2.23. The van der Waals surface area contributed by atoms with Gasteiger partial charge in [0.2, 0.25) is 0 Å². The number of unbranched alkanes of at least 4 members (excludes halogenated alkanes) is 3. The van der Waals surface area contributed by atoms with Crippen molar-refractivity contribution >= 4 is 17.6 Å². The third-order valence-electron chi connectivity index (χ3n) is 5.05. The van der Waals surface area contributed by atoms with Gasteiger partial charge in [0.1, 0.15) is 0 Å². The summed E-state index contributed by atoms with van der Waals surface area (Å²) in [6.45, 7) is 4.24. The standard InChI is InChI=1S/C20H36ClNO3/c1-2-3-6-12-19(23)18(21)14-16-22-15-9-11-17(22)10-7-4-5-8-13-20(24)25/h4,7,17-19,23H,2-3,5-6,8-16H2,1H3,(H,24,25)/b7-4-/t17?,18-,19?/m1/s1. The van der Waals surface area contributed by atoms with Crippen molar-refractivity contribution in [3.63, 3.8) is 0 Å². The van der Waals surface area contributed by atoms with E-state index in [4.69, 9.17) is 16.7 Å². The monoisotopic (exact) mass is 373 g/mol. The molecule has 0 aliphatic carbocycles. The first kappa shape index (κ1) is 22.5. The number of carboxylic acids is 1. The Morgan fingerprint density at radius 2 is 2.08 bits per heavy atom. The molecule has 1 saturated heterocycles. The third-order valence-corrected chi connectivity index (χ3v) is 5.56. The van der Waals surface area contributed by atoms with Gasteiger partial charge in [-0.15, -0.1) is 11.6 Å². The number of carbonyl (C=O) groups is 1. The highest BCUT2D eigenvalue weighted by molar-refractivity contribution is 6.21. The third kappa shape index (κ3) is 10.2. The average molecular weight is 374 g/mol. The molecule has 0 saturated carbocycles. The largest absolute Gasteiger partial charge is 0.481 e. The van der Waals surface area contributed by atoms with E-state index in [0.29, 0.717) is 12.5 Å². The molecule has 0 bridgehead atoms. The number of aliphatic hydroxyl groups excluding tert-OH is 1. The summed E-state index contributed by atoms with van der Waals surface area (Å²) in [7, 11) is 0.